The summed E-state index contributed by atoms with van der Waals surface area (Å²) >= 11 is 6.13. The molecule has 1 unspecified atom stereocenters. The number of pyridine rings is 1. The summed E-state index contributed by atoms with van der Waals surface area (Å²) in [5, 5.41) is 14.2. The fourth-order valence-corrected chi connectivity index (χ4v) is 3.09. The Morgan fingerprint density at radius 3 is 3.05 bits per heavy atom. The summed E-state index contributed by atoms with van der Waals surface area (Å²) in [4.78, 5) is 6.81. The second kappa shape index (κ2) is 6.65. The summed E-state index contributed by atoms with van der Waals surface area (Å²) in [5.41, 5.74) is 2.84. The zero-order valence-corrected chi connectivity index (χ0v) is 13.3. The molecule has 0 bridgehead atoms. The van der Waals surface area contributed by atoms with Gasteiger partial charge in [-0.25, -0.2) is 0 Å². The number of hydrogen-bond acceptors (Lipinski definition) is 4. The third kappa shape index (κ3) is 3.40. The average molecular weight is 318 g/mol. The molecule has 1 aliphatic heterocycles. The van der Waals surface area contributed by atoms with Crippen LogP contribution in [-0.4, -0.2) is 34.6 Å². The maximum atomic E-state index is 10.0. The van der Waals surface area contributed by atoms with Crippen LogP contribution >= 0.6 is 11.6 Å². The molecule has 116 valence electrons. The molecular formula is C17H20ClN3O. The Morgan fingerprint density at radius 2 is 2.23 bits per heavy atom. The highest BCUT2D eigenvalue weighted by molar-refractivity contribution is 6.30. The van der Waals surface area contributed by atoms with E-state index in [4.69, 9.17) is 11.6 Å². The van der Waals surface area contributed by atoms with E-state index in [1.54, 1.807) is 6.07 Å². The lowest BCUT2D eigenvalue weighted by Crippen LogP contribution is -2.45. The van der Waals surface area contributed by atoms with E-state index >= 15 is 0 Å². The molecule has 22 heavy (non-hydrogen) atoms. The van der Waals surface area contributed by atoms with Crippen molar-refractivity contribution in [3.8, 4) is 5.75 Å². The largest absolute Gasteiger partial charge is 0.506 e. The Hall–Kier alpha value is -1.62. The molecule has 0 saturated carbocycles. The third-order valence-corrected chi connectivity index (χ3v) is 4.27. The molecule has 2 heterocycles. The van der Waals surface area contributed by atoms with E-state index in [-0.39, 0.29) is 11.8 Å². The second-order valence-corrected chi connectivity index (χ2v) is 6.10. The van der Waals surface area contributed by atoms with Gasteiger partial charge >= 0.3 is 0 Å². The lowest BCUT2D eigenvalue weighted by Gasteiger charge is -2.36. The first-order valence-electron chi connectivity index (χ1n) is 7.49. The van der Waals surface area contributed by atoms with Crippen molar-refractivity contribution >= 4 is 11.6 Å². The van der Waals surface area contributed by atoms with Crippen LogP contribution in [0, 0.1) is 6.92 Å². The number of hydrogen-bond donors (Lipinski definition) is 2. The van der Waals surface area contributed by atoms with Crippen LogP contribution in [0.15, 0.2) is 36.4 Å². The molecular weight excluding hydrogens is 298 g/mol. The predicted molar refractivity (Wildman–Crippen MR) is 88.1 cm³/mol. The van der Waals surface area contributed by atoms with Gasteiger partial charge in [0.2, 0.25) is 0 Å². The van der Waals surface area contributed by atoms with Crippen LogP contribution < -0.4 is 5.32 Å². The van der Waals surface area contributed by atoms with Crippen LogP contribution in [0.3, 0.4) is 0 Å². The molecule has 0 aliphatic carbocycles. The van der Waals surface area contributed by atoms with Gasteiger partial charge in [-0.1, -0.05) is 23.7 Å². The average Bonchev–Trinajstić information content (AvgIpc) is 2.51. The summed E-state index contributed by atoms with van der Waals surface area (Å²) in [6.07, 6.45) is 0. The smallest absolute Gasteiger partial charge is 0.138 e. The summed E-state index contributed by atoms with van der Waals surface area (Å²) < 4.78 is 0. The predicted octanol–water partition coefficient (Wildman–Crippen LogP) is 2.90. The van der Waals surface area contributed by atoms with Crippen molar-refractivity contribution in [2.75, 3.05) is 19.6 Å². The molecule has 1 aromatic heterocycles. The zero-order chi connectivity index (χ0) is 15.5. The molecule has 1 saturated heterocycles. The van der Waals surface area contributed by atoms with E-state index in [2.05, 4.69) is 21.3 Å². The molecule has 2 aromatic rings. The van der Waals surface area contributed by atoms with E-state index in [0.29, 0.717) is 6.54 Å². The Balaban J connectivity index is 1.85. The quantitative estimate of drug-likeness (QED) is 0.914. The Morgan fingerprint density at radius 1 is 1.36 bits per heavy atom. The number of benzene rings is 1. The first-order chi connectivity index (χ1) is 10.6. The van der Waals surface area contributed by atoms with Gasteiger partial charge in [-0.05, 0) is 36.8 Å². The fourth-order valence-electron chi connectivity index (χ4n) is 2.89. The molecule has 1 atom stereocenters. The SMILES string of the molecule is Cc1ccc(O)c(CN2CCNCC2c2cccc(Cl)c2)n1. The van der Waals surface area contributed by atoms with Crippen molar-refractivity contribution in [2.45, 2.75) is 19.5 Å². The summed E-state index contributed by atoms with van der Waals surface area (Å²) in [6.45, 7) is 5.28. The van der Waals surface area contributed by atoms with Crippen molar-refractivity contribution in [1.82, 2.24) is 15.2 Å². The number of piperazine rings is 1. The monoisotopic (exact) mass is 317 g/mol. The van der Waals surface area contributed by atoms with Crippen LogP contribution in [0.5, 0.6) is 5.75 Å². The molecule has 5 heteroatoms. The normalized spacial score (nSPS) is 19.3. The van der Waals surface area contributed by atoms with Crippen LogP contribution in [0.1, 0.15) is 23.0 Å². The number of nitrogens with one attached hydrogen (secondary N) is 1. The minimum atomic E-state index is 0.231. The first kappa shape index (κ1) is 15.3. The van der Waals surface area contributed by atoms with Gasteiger partial charge in [0.15, 0.2) is 0 Å². The van der Waals surface area contributed by atoms with Gasteiger partial charge in [-0.2, -0.15) is 0 Å². The molecule has 1 fully saturated rings. The number of nitrogens with zero attached hydrogens (tertiary/aromatic N) is 2. The highest BCUT2D eigenvalue weighted by atomic mass is 35.5. The van der Waals surface area contributed by atoms with Gasteiger partial charge in [-0.3, -0.25) is 9.88 Å². The Kier molecular flexibility index (Phi) is 4.62. The van der Waals surface area contributed by atoms with Crippen molar-refractivity contribution < 1.29 is 5.11 Å². The van der Waals surface area contributed by atoms with Gasteiger partial charge < -0.3 is 10.4 Å². The standard InChI is InChI=1S/C17H20ClN3O/c1-12-5-6-17(22)15(20-12)11-21-8-7-19-10-16(21)13-3-2-4-14(18)9-13/h2-6,9,16,19,22H,7-8,10-11H2,1H3. The van der Waals surface area contributed by atoms with Crippen LogP contribution in [0.25, 0.3) is 0 Å². The molecule has 1 aromatic carbocycles. The first-order valence-corrected chi connectivity index (χ1v) is 7.87. The van der Waals surface area contributed by atoms with E-state index < -0.39 is 0 Å². The number of aromatic nitrogens is 1. The summed E-state index contributed by atoms with van der Waals surface area (Å²) in [7, 11) is 0. The second-order valence-electron chi connectivity index (χ2n) is 5.66. The highest BCUT2D eigenvalue weighted by Crippen LogP contribution is 2.27. The molecule has 1 aliphatic rings. The number of aromatic hydroxyl groups is 1. The van der Waals surface area contributed by atoms with E-state index in [1.165, 1.54) is 5.56 Å². The third-order valence-electron chi connectivity index (χ3n) is 4.03. The minimum absolute atomic E-state index is 0.231. The Labute approximate surface area is 135 Å². The van der Waals surface area contributed by atoms with Crippen LogP contribution in [0.4, 0.5) is 0 Å². The van der Waals surface area contributed by atoms with Gasteiger partial charge in [0.1, 0.15) is 5.75 Å². The van der Waals surface area contributed by atoms with Gasteiger partial charge in [0.25, 0.3) is 0 Å². The minimum Gasteiger partial charge on any atom is -0.506 e. The van der Waals surface area contributed by atoms with Crippen molar-refractivity contribution in [3.05, 3.63) is 58.4 Å². The van der Waals surface area contributed by atoms with E-state index in [0.717, 1.165) is 36.0 Å². The molecule has 0 radical (unpaired) electrons. The number of halogens is 1. The van der Waals surface area contributed by atoms with E-state index in [1.807, 2.05) is 31.2 Å². The molecule has 2 N–H and O–H groups in total. The van der Waals surface area contributed by atoms with Gasteiger partial charge in [0, 0.05) is 42.9 Å². The lowest BCUT2D eigenvalue weighted by molar-refractivity contribution is 0.150. The number of rotatable bonds is 3. The van der Waals surface area contributed by atoms with E-state index in [9.17, 15) is 5.11 Å². The van der Waals surface area contributed by atoms with Crippen molar-refractivity contribution in [2.24, 2.45) is 0 Å². The number of aryl methyl sites for hydroxylation is 1. The summed E-state index contributed by atoms with van der Waals surface area (Å²) in [5.74, 6) is 0.258. The Bertz CT molecular complexity index is 662. The summed E-state index contributed by atoms with van der Waals surface area (Å²) in [6, 6.07) is 11.7. The van der Waals surface area contributed by atoms with Crippen molar-refractivity contribution in [1.29, 1.82) is 0 Å². The molecule has 0 amide bonds. The molecule has 0 spiro atoms. The maximum Gasteiger partial charge on any atom is 0.138 e. The van der Waals surface area contributed by atoms with Crippen LogP contribution in [-0.2, 0) is 6.54 Å². The maximum absolute atomic E-state index is 10.0. The van der Waals surface area contributed by atoms with Crippen molar-refractivity contribution in [3.63, 3.8) is 0 Å². The van der Waals surface area contributed by atoms with Crippen LogP contribution in [0.2, 0.25) is 5.02 Å². The van der Waals surface area contributed by atoms with Gasteiger partial charge in [-0.15, -0.1) is 0 Å². The lowest BCUT2D eigenvalue weighted by atomic mass is 10.0. The topological polar surface area (TPSA) is 48.4 Å². The molecule has 4 nitrogen and oxygen atoms in total. The highest BCUT2D eigenvalue weighted by Gasteiger charge is 2.25. The van der Waals surface area contributed by atoms with Gasteiger partial charge in [0.05, 0.1) is 5.69 Å². The fraction of sp³-hybridized carbons (Fsp3) is 0.353. The zero-order valence-electron chi connectivity index (χ0n) is 12.6. The molecule has 3 rings (SSSR count).